The fraction of sp³-hybridized carbons (Fsp3) is 0.600. The second-order valence-corrected chi connectivity index (χ2v) is 5.51. The Kier molecular flexibility index (Phi) is 5.16. The molecule has 1 N–H and O–H groups in total. The molecule has 0 saturated carbocycles. The largest absolute Gasteiger partial charge is 0.389 e. The zero-order valence-electron chi connectivity index (χ0n) is 11.5. The first-order chi connectivity index (χ1) is 7.90. The van der Waals surface area contributed by atoms with Gasteiger partial charge in [-0.2, -0.15) is 0 Å². The highest BCUT2D eigenvalue weighted by Crippen LogP contribution is 2.12. The molecule has 17 heavy (non-hydrogen) atoms. The Bertz CT molecular complexity index is 341. The van der Waals surface area contributed by atoms with Gasteiger partial charge in [-0.05, 0) is 39.3 Å². The average molecular weight is 235 g/mol. The third kappa shape index (κ3) is 5.85. The normalized spacial score (nSPS) is 12.1. The maximum Gasteiger partial charge on any atom is 0.0718 e. The standard InChI is InChI=1S/C15H25NO/c1-5-9-16(12-15(3,4)17)11-14-8-6-7-13(2)10-14/h6-8,10,17H,5,9,11-12H2,1-4H3. The van der Waals surface area contributed by atoms with Crippen molar-refractivity contribution in [3.05, 3.63) is 35.4 Å². The van der Waals surface area contributed by atoms with Gasteiger partial charge in [-0.3, -0.25) is 4.90 Å². The van der Waals surface area contributed by atoms with E-state index in [9.17, 15) is 5.11 Å². The van der Waals surface area contributed by atoms with Crippen LogP contribution in [0.4, 0.5) is 0 Å². The summed E-state index contributed by atoms with van der Waals surface area (Å²) < 4.78 is 0. The van der Waals surface area contributed by atoms with Crippen molar-refractivity contribution in [2.24, 2.45) is 0 Å². The zero-order chi connectivity index (χ0) is 12.9. The summed E-state index contributed by atoms with van der Waals surface area (Å²) in [7, 11) is 0. The molecule has 1 aromatic carbocycles. The summed E-state index contributed by atoms with van der Waals surface area (Å²) in [6.45, 7) is 10.7. The van der Waals surface area contributed by atoms with Crippen molar-refractivity contribution in [2.75, 3.05) is 13.1 Å². The van der Waals surface area contributed by atoms with E-state index >= 15 is 0 Å². The number of nitrogens with zero attached hydrogens (tertiary/aromatic N) is 1. The van der Waals surface area contributed by atoms with E-state index in [0.29, 0.717) is 0 Å². The molecule has 0 bridgehead atoms. The first kappa shape index (κ1) is 14.2. The number of aryl methyl sites for hydroxylation is 1. The minimum absolute atomic E-state index is 0.626. The Morgan fingerprint density at radius 3 is 2.53 bits per heavy atom. The zero-order valence-corrected chi connectivity index (χ0v) is 11.5. The molecule has 0 fully saturated rings. The summed E-state index contributed by atoms with van der Waals surface area (Å²) in [5, 5.41) is 9.91. The van der Waals surface area contributed by atoms with Crippen LogP contribution in [-0.2, 0) is 6.54 Å². The van der Waals surface area contributed by atoms with Crippen molar-refractivity contribution in [3.8, 4) is 0 Å². The number of hydrogen-bond acceptors (Lipinski definition) is 2. The highest BCUT2D eigenvalue weighted by Gasteiger charge is 2.17. The van der Waals surface area contributed by atoms with E-state index in [4.69, 9.17) is 0 Å². The maximum absolute atomic E-state index is 9.91. The van der Waals surface area contributed by atoms with Gasteiger partial charge in [0, 0.05) is 13.1 Å². The fourth-order valence-electron chi connectivity index (χ4n) is 2.15. The van der Waals surface area contributed by atoms with Crippen molar-refractivity contribution in [2.45, 2.75) is 46.3 Å². The second kappa shape index (κ2) is 6.18. The van der Waals surface area contributed by atoms with Crippen LogP contribution in [0, 0.1) is 6.92 Å². The molecule has 1 aromatic rings. The van der Waals surface area contributed by atoms with Gasteiger partial charge in [0.1, 0.15) is 0 Å². The van der Waals surface area contributed by atoms with Crippen molar-refractivity contribution in [3.63, 3.8) is 0 Å². The highest BCUT2D eigenvalue weighted by molar-refractivity contribution is 5.22. The van der Waals surface area contributed by atoms with Gasteiger partial charge in [0.25, 0.3) is 0 Å². The molecule has 0 aromatic heterocycles. The number of rotatable bonds is 6. The lowest BCUT2D eigenvalue weighted by Crippen LogP contribution is -2.38. The van der Waals surface area contributed by atoms with Gasteiger partial charge >= 0.3 is 0 Å². The lowest BCUT2D eigenvalue weighted by molar-refractivity contribution is 0.0335. The highest BCUT2D eigenvalue weighted by atomic mass is 16.3. The predicted octanol–water partition coefficient (Wildman–Crippen LogP) is 2.98. The Labute approximate surface area is 105 Å². The third-order valence-corrected chi connectivity index (χ3v) is 2.64. The summed E-state index contributed by atoms with van der Waals surface area (Å²) in [6, 6.07) is 8.58. The van der Waals surface area contributed by atoms with Gasteiger partial charge in [-0.1, -0.05) is 36.8 Å². The molecule has 96 valence electrons. The molecule has 0 spiro atoms. The van der Waals surface area contributed by atoms with E-state index < -0.39 is 5.60 Å². The minimum Gasteiger partial charge on any atom is -0.389 e. The monoisotopic (exact) mass is 235 g/mol. The Balaban J connectivity index is 2.66. The Morgan fingerprint density at radius 1 is 1.29 bits per heavy atom. The van der Waals surface area contributed by atoms with Gasteiger partial charge in [0.2, 0.25) is 0 Å². The fourth-order valence-corrected chi connectivity index (χ4v) is 2.15. The quantitative estimate of drug-likeness (QED) is 0.819. The molecule has 0 unspecified atom stereocenters. The molecule has 0 aliphatic carbocycles. The van der Waals surface area contributed by atoms with Crippen LogP contribution in [-0.4, -0.2) is 28.7 Å². The van der Waals surface area contributed by atoms with Gasteiger partial charge < -0.3 is 5.11 Å². The van der Waals surface area contributed by atoms with E-state index in [1.54, 1.807) is 0 Å². The van der Waals surface area contributed by atoms with Crippen LogP contribution in [0.25, 0.3) is 0 Å². The van der Waals surface area contributed by atoms with Crippen molar-refractivity contribution in [1.29, 1.82) is 0 Å². The molecule has 0 heterocycles. The topological polar surface area (TPSA) is 23.5 Å². The van der Waals surface area contributed by atoms with Gasteiger partial charge in [-0.25, -0.2) is 0 Å². The molecule has 0 aliphatic rings. The molecule has 0 radical (unpaired) electrons. The SMILES string of the molecule is CCCN(Cc1cccc(C)c1)CC(C)(C)O. The van der Waals surface area contributed by atoms with Crippen LogP contribution in [0.5, 0.6) is 0 Å². The number of hydrogen-bond donors (Lipinski definition) is 1. The molecule has 0 amide bonds. The van der Waals surface area contributed by atoms with Gasteiger partial charge in [-0.15, -0.1) is 0 Å². The van der Waals surface area contributed by atoms with E-state index in [1.807, 2.05) is 13.8 Å². The summed E-state index contributed by atoms with van der Waals surface area (Å²) in [5.41, 5.74) is 1.99. The lowest BCUT2D eigenvalue weighted by Gasteiger charge is -2.28. The molecule has 2 heteroatoms. The van der Waals surface area contributed by atoms with Gasteiger partial charge in [0.15, 0.2) is 0 Å². The minimum atomic E-state index is -0.626. The second-order valence-electron chi connectivity index (χ2n) is 5.51. The maximum atomic E-state index is 9.91. The van der Waals surface area contributed by atoms with Crippen LogP contribution in [0.15, 0.2) is 24.3 Å². The van der Waals surface area contributed by atoms with Crippen LogP contribution < -0.4 is 0 Å². The summed E-state index contributed by atoms with van der Waals surface area (Å²) in [4.78, 5) is 2.31. The molecular formula is C15H25NO. The Morgan fingerprint density at radius 2 is 2.00 bits per heavy atom. The van der Waals surface area contributed by atoms with Crippen molar-refractivity contribution < 1.29 is 5.11 Å². The average Bonchev–Trinajstić information content (AvgIpc) is 2.15. The van der Waals surface area contributed by atoms with Crippen LogP contribution in [0.3, 0.4) is 0 Å². The third-order valence-electron chi connectivity index (χ3n) is 2.64. The summed E-state index contributed by atoms with van der Waals surface area (Å²) in [6.07, 6.45) is 1.11. The van der Waals surface area contributed by atoms with Crippen LogP contribution in [0.1, 0.15) is 38.3 Å². The molecular weight excluding hydrogens is 210 g/mol. The van der Waals surface area contributed by atoms with E-state index in [0.717, 1.165) is 26.1 Å². The number of benzene rings is 1. The summed E-state index contributed by atoms with van der Waals surface area (Å²) >= 11 is 0. The van der Waals surface area contributed by atoms with Crippen molar-refractivity contribution in [1.82, 2.24) is 4.90 Å². The number of aliphatic hydroxyl groups is 1. The van der Waals surface area contributed by atoms with Gasteiger partial charge in [0.05, 0.1) is 5.60 Å². The van der Waals surface area contributed by atoms with E-state index in [-0.39, 0.29) is 0 Å². The van der Waals surface area contributed by atoms with E-state index in [2.05, 4.69) is 43.0 Å². The smallest absolute Gasteiger partial charge is 0.0718 e. The van der Waals surface area contributed by atoms with Crippen molar-refractivity contribution >= 4 is 0 Å². The molecule has 1 rings (SSSR count). The molecule has 0 atom stereocenters. The van der Waals surface area contributed by atoms with E-state index in [1.165, 1.54) is 11.1 Å². The lowest BCUT2D eigenvalue weighted by atomic mass is 10.1. The summed E-state index contributed by atoms with van der Waals surface area (Å²) in [5.74, 6) is 0. The van der Waals surface area contributed by atoms with Crippen LogP contribution in [0.2, 0.25) is 0 Å². The first-order valence-corrected chi connectivity index (χ1v) is 6.41. The molecule has 2 nitrogen and oxygen atoms in total. The molecule has 0 aliphatic heterocycles. The van der Waals surface area contributed by atoms with Crippen LogP contribution >= 0.6 is 0 Å². The predicted molar refractivity (Wildman–Crippen MR) is 73.0 cm³/mol. The Hall–Kier alpha value is -0.860. The molecule has 0 saturated heterocycles. The first-order valence-electron chi connectivity index (χ1n) is 6.41.